The number of ether oxygens (including phenoxy) is 1. The van der Waals surface area contributed by atoms with Crippen molar-refractivity contribution in [3.63, 3.8) is 0 Å². The third kappa shape index (κ3) is 9.09. The van der Waals surface area contributed by atoms with E-state index in [2.05, 4.69) is 0 Å². The van der Waals surface area contributed by atoms with E-state index in [1.807, 2.05) is 0 Å². The van der Waals surface area contributed by atoms with Gasteiger partial charge in [-0.1, -0.05) is 44.9 Å². The van der Waals surface area contributed by atoms with E-state index in [9.17, 15) is 14.7 Å². The van der Waals surface area contributed by atoms with Crippen molar-refractivity contribution in [2.24, 2.45) is 0 Å². The second-order valence-corrected chi connectivity index (χ2v) is 7.52. The van der Waals surface area contributed by atoms with E-state index in [0.717, 1.165) is 25.7 Å². The molecule has 1 aliphatic rings. The molecule has 1 saturated carbocycles. The quantitative estimate of drug-likeness (QED) is 0.732. The molecule has 2 rings (SSSR count). The first-order chi connectivity index (χ1) is 13.1. The minimum atomic E-state index is -1.24. The molecule has 152 valence electrons. The van der Waals surface area contributed by atoms with Gasteiger partial charge in [0.15, 0.2) is 11.8 Å². The average Bonchev–Trinajstić information content (AvgIpc) is 3.14. The Morgan fingerprint density at radius 3 is 2.19 bits per heavy atom. The lowest BCUT2D eigenvalue weighted by Crippen LogP contribution is -2.91. The topological polar surface area (TPSA) is 96.2 Å². The first-order valence-electron chi connectivity index (χ1n) is 10.4. The molecule has 0 aliphatic heterocycles. The number of hydrogen-bond acceptors (Lipinski definition) is 5. The van der Waals surface area contributed by atoms with Crippen LogP contribution in [0, 0.1) is 0 Å². The highest BCUT2D eigenvalue weighted by atomic mass is 16.5. The number of hydrogen-bond donors (Lipinski definition) is 1. The molecule has 0 spiro atoms. The zero-order valence-corrected chi connectivity index (χ0v) is 16.2. The van der Waals surface area contributed by atoms with Gasteiger partial charge in [0.2, 0.25) is 0 Å². The summed E-state index contributed by atoms with van der Waals surface area (Å²) >= 11 is 0. The van der Waals surface area contributed by atoms with Crippen molar-refractivity contribution in [1.82, 2.24) is 0 Å². The van der Waals surface area contributed by atoms with Crippen molar-refractivity contribution >= 4 is 11.9 Å². The molecule has 0 bridgehead atoms. The lowest BCUT2D eigenvalue weighted by atomic mass is 9.99. The second-order valence-electron chi connectivity index (χ2n) is 7.52. The highest BCUT2D eigenvalue weighted by Crippen LogP contribution is 2.19. The van der Waals surface area contributed by atoms with Crippen LogP contribution in [0.1, 0.15) is 82.8 Å². The van der Waals surface area contributed by atoms with Crippen molar-refractivity contribution in [2.75, 3.05) is 0 Å². The number of esters is 1. The summed E-state index contributed by atoms with van der Waals surface area (Å²) in [6, 6.07) is 2.76. The summed E-state index contributed by atoms with van der Waals surface area (Å²) in [5, 5.41) is 12.7. The fraction of sp³-hybridized carbons (Fsp3) is 0.714. The van der Waals surface area contributed by atoms with Gasteiger partial charge >= 0.3 is 5.97 Å². The van der Waals surface area contributed by atoms with Crippen molar-refractivity contribution in [3.8, 4) is 0 Å². The summed E-state index contributed by atoms with van der Waals surface area (Å²) < 4.78 is 11.0. The van der Waals surface area contributed by atoms with Crippen LogP contribution in [0.3, 0.4) is 0 Å². The van der Waals surface area contributed by atoms with Crippen molar-refractivity contribution < 1.29 is 29.2 Å². The minimum Gasteiger partial charge on any atom is -0.550 e. The van der Waals surface area contributed by atoms with Gasteiger partial charge in [-0.05, 0) is 37.8 Å². The van der Waals surface area contributed by atoms with Gasteiger partial charge in [0, 0.05) is 5.97 Å². The molecule has 0 amide bonds. The number of rotatable bonds is 7. The van der Waals surface area contributed by atoms with E-state index >= 15 is 0 Å². The van der Waals surface area contributed by atoms with Gasteiger partial charge in [-0.15, -0.1) is 0 Å². The number of carboxylic acid groups (broad SMARTS) is 1. The zero-order valence-electron chi connectivity index (χ0n) is 16.2. The van der Waals surface area contributed by atoms with E-state index in [4.69, 9.17) is 9.15 Å². The maximum atomic E-state index is 12.6. The highest BCUT2D eigenvalue weighted by molar-refractivity contribution is 5.79. The molecule has 1 aromatic rings. The van der Waals surface area contributed by atoms with Gasteiger partial charge in [0.25, 0.3) is 0 Å². The Morgan fingerprint density at radius 2 is 1.67 bits per heavy atom. The third-order valence-corrected chi connectivity index (χ3v) is 5.21. The SMILES string of the molecule is O=C([O-])C[C@@H]([NH2+]Cc1ccco1)C(=O)OC1CCCCCCCCCCC1. The van der Waals surface area contributed by atoms with Gasteiger partial charge in [-0.3, -0.25) is 0 Å². The van der Waals surface area contributed by atoms with Gasteiger partial charge < -0.3 is 24.4 Å². The Morgan fingerprint density at radius 1 is 1.07 bits per heavy atom. The predicted molar refractivity (Wildman–Crippen MR) is 98.4 cm³/mol. The van der Waals surface area contributed by atoms with E-state index < -0.39 is 18.0 Å². The number of carbonyl (C=O) groups excluding carboxylic acids is 2. The fourth-order valence-corrected chi connectivity index (χ4v) is 3.62. The summed E-state index contributed by atoms with van der Waals surface area (Å²) in [5.74, 6) is -1.01. The van der Waals surface area contributed by atoms with Gasteiger partial charge in [0.1, 0.15) is 12.6 Å². The van der Waals surface area contributed by atoms with Crippen LogP contribution in [0.5, 0.6) is 0 Å². The maximum absolute atomic E-state index is 12.6. The Kier molecular flexibility index (Phi) is 9.98. The Bertz CT molecular complexity index is 531. The van der Waals surface area contributed by atoms with Crippen LogP contribution >= 0.6 is 0 Å². The molecule has 27 heavy (non-hydrogen) atoms. The van der Waals surface area contributed by atoms with Crippen molar-refractivity contribution in [3.05, 3.63) is 24.2 Å². The molecule has 6 nitrogen and oxygen atoms in total. The van der Waals surface area contributed by atoms with E-state index in [-0.39, 0.29) is 12.5 Å². The van der Waals surface area contributed by atoms with Gasteiger partial charge in [-0.25, -0.2) is 4.79 Å². The summed E-state index contributed by atoms with van der Waals surface area (Å²) in [7, 11) is 0. The molecule has 0 aromatic carbocycles. The lowest BCUT2D eigenvalue weighted by Gasteiger charge is -2.22. The molecular weight excluding hydrogens is 346 g/mol. The largest absolute Gasteiger partial charge is 0.550 e. The summed E-state index contributed by atoms with van der Waals surface area (Å²) in [4.78, 5) is 23.7. The van der Waals surface area contributed by atoms with Crippen molar-refractivity contribution in [1.29, 1.82) is 0 Å². The molecule has 2 N–H and O–H groups in total. The van der Waals surface area contributed by atoms with Crippen LogP contribution in [0.15, 0.2) is 22.8 Å². The van der Waals surface area contributed by atoms with E-state index in [1.165, 1.54) is 44.9 Å². The Balaban J connectivity index is 1.87. The first kappa shape index (κ1) is 21.5. The molecule has 0 saturated heterocycles. The summed E-state index contributed by atoms with van der Waals surface area (Å²) in [6.07, 6.45) is 13.7. The second kappa shape index (κ2) is 12.5. The Hall–Kier alpha value is -1.82. The number of furan rings is 1. The molecule has 1 aliphatic carbocycles. The molecule has 1 atom stereocenters. The van der Waals surface area contributed by atoms with Crippen LogP contribution in [-0.4, -0.2) is 24.1 Å². The van der Waals surface area contributed by atoms with E-state index in [0.29, 0.717) is 12.3 Å². The van der Waals surface area contributed by atoms with Crippen LogP contribution in [0.25, 0.3) is 0 Å². The lowest BCUT2D eigenvalue weighted by molar-refractivity contribution is -0.695. The maximum Gasteiger partial charge on any atom is 0.365 e. The molecular formula is C21H33NO5. The minimum absolute atomic E-state index is 0.113. The first-order valence-corrected chi connectivity index (χ1v) is 10.4. The van der Waals surface area contributed by atoms with E-state index in [1.54, 1.807) is 23.7 Å². The number of nitrogens with two attached hydrogens (primary N) is 1. The highest BCUT2D eigenvalue weighted by Gasteiger charge is 2.27. The molecule has 1 fully saturated rings. The van der Waals surface area contributed by atoms with Crippen LogP contribution in [-0.2, 0) is 20.9 Å². The number of carboxylic acids is 1. The van der Waals surface area contributed by atoms with Crippen LogP contribution in [0.4, 0.5) is 0 Å². The van der Waals surface area contributed by atoms with Crippen molar-refractivity contribution in [2.45, 2.75) is 95.7 Å². The third-order valence-electron chi connectivity index (χ3n) is 5.21. The molecule has 1 heterocycles. The van der Waals surface area contributed by atoms with Crippen LogP contribution < -0.4 is 10.4 Å². The monoisotopic (exact) mass is 379 g/mol. The number of quaternary nitrogens is 1. The van der Waals surface area contributed by atoms with Gasteiger partial charge in [-0.2, -0.15) is 0 Å². The normalized spacial score (nSPS) is 18.8. The molecule has 0 radical (unpaired) electrons. The smallest absolute Gasteiger partial charge is 0.365 e. The average molecular weight is 379 g/mol. The molecule has 0 unspecified atom stereocenters. The number of aliphatic carboxylic acids is 1. The number of carbonyl (C=O) groups is 2. The molecule has 1 aromatic heterocycles. The van der Waals surface area contributed by atoms with Gasteiger partial charge in [0.05, 0.1) is 12.7 Å². The van der Waals surface area contributed by atoms with Crippen LogP contribution in [0.2, 0.25) is 0 Å². The zero-order chi connectivity index (χ0) is 19.3. The molecule has 6 heteroatoms. The fourth-order valence-electron chi connectivity index (χ4n) is 3.62. The predicted octanol–water partition coefficient (Wildman–Crippen LogP) is 2.07. The summed E-state index contributed by atoms with van der Waals surface area (Å²) in [5.41, 5.74) is 0. The summed E-state index contributed by atoms with van der Waals surface area (Å²) in [6.45, 7) is 0.394. The Labute approximate surface area is 161 Å². The standard InChI is InChI=1S/C21H33NO5/c23-20(24)15-19(22-16-18-13-10-14-26-18)21(25)27-17-11-8-6-4-2-1-3-5-7-9-12-17/h10,13-14,17,19,22H,1-9,11-12,15-16H2,(H,23,24)/t19-/m1/s1.